The smallest absolute Gasteiger partial charge is 0.0552 e. The fourth-order valence-electron chi connectivity index (χ4n) is 3.80. The molecule has 142 valence electrons. The summed E-state index contributed by atoms with van der Waals surface area (Å²) in [7, 11) is 2.19. The number of para-hydroxylation sites is 1. The number of halogens is 1. The number of benzene rings is 1. The highest BCUT2D eigenvalue weighted by Crippen LogP contribution is 2.34. The number of ether oxygens (including phenoxy) is 1. The number of likely N-dealkylation sites (tertiary alicyclic amines) is 1. The topological polar surface area (TPSA) is 28.6 Å². The van der Waals surface area contributed by atoms with Crippen LogP contribution in [0.15, 0.2) is 54.9 Å². The van der Waals surface area contributed by atoms with Gasteiger partial charge in [-0.25, -0.2) is 0 Å². The summed E-state index contributed by atoms with van der Waals surface area (Å²) in [5, 5.41) is 0. The Hall–Kier alpha value is -1.62. The van der Waals surface area contributed by atoms with Crippen LogP contribution in [0.25, 0.3) is 0 Å². The van der Waals surface area contributed by atoms with Crippen LogP contribution >= 0.6 is 12.4 Å². The SMILES string of the molecule is CCOC[C@]1(CN(C)c2ccccc2)CCN(Cc2cccnc2)C1.Cl. The Labute approximate surface area is 163 Å². The highest BCUT2D eigenvalue weighted by atomic mass is 35.5. The van der Waals surface area contributed by atoms with Gasteiger partial charge in [0.25, 0.3) is 0 Å². The fourth-order valence-corrected chi connectivity index (χ4v) is 3.80. The van der Waals surface area contributed by atoms with E-state index in [0.717, 1.165) is 39.4 Å². The lowest BCUT2D eigenvalue weighted by atomic mass is 9.87. The lowest BCUT2D eigenvalue weighted by molar-refractivity contribution is 0.0582. The van der Waals surface area contributed by atoms with Gasteiger partial charge in [-0.05, 0) is 43.7 Å². The number of anilines is 1. The van der Waals surface area contributed by atoms with Crippen LogP contribution < -0.4 is 4.90 Å². The molecule has 0 N–H and O–H groups in total. The van der Waals surface area contributed by atoms with Gasteiger partial charge >= 0.3 is 0 Å². The molecule has 1 atom stereocenters. The van der Waals surface area contributed by atoms with Crippen molar-refractivity contribution in [2.45, 2.75) is 19.9 Å². The highest BCUT2D eigenvalue weighted by Gasteiger charge is 2.39. The van der Waals surface area contributed by atoms with E-state index in [1.54, 1.807) is 0 Å². The first-order chi connectivity index (χ1) is 12.2. The molecular formula is C21H30ClN3O. The average Bonchev–Trinajstić information content (AvgIpc) is 3.04. The second-order valence-electron chi connectivity index (χ2n) is 7.15. The Bertz CT molecular complexity index is 640. The number of pyridine rings is 1. The molecule has 1 saturated heterocycles. The van der Waals surface area contributed by atoms with Gasteiger partial charge in [0.05, 0.1) is 6.61 Å². The minimum Gasteiger partial charge on any atom is -0.381 e. The number of hydrogen-bond acceptors (Lipinski definition) is 4. The fraction of sp³-hybridized carbons (Fsp3) is 0.476. The maximum Gasteiger partial charge on any atom is 0.0552 e. The van der Waals surface area contributed by atoms with Crippen LogP contribution in [0.2, 0.25) is 0 Å². The molecule has 0 aliphatic carbocycles. The summed E-state index contributed by atoms with van der Waals surface area (Å²) in [6.45, 7) is 7.85. The van der Waals surface area contributed by atoms with Gasteiger partial charge in [0.2, 0.25) is 0 Å². The van der Waals surface area contributed by atoms with Crippen molar-refractivity contribution in [3.8, 4) is 0 Å². The Morgan fingerprint density at radius 1 is 1.19 bits per heavy atom. The molecule has 5 heteroatoms. The summed E-state index contributed by atoms with van der Waals surface area (Å²) in [6.07, 6.45) is 4.98. The van der Waals surface area contributed by atoms with Crippen molar-refractivity contribution in [3.05, 3.63) is 60.4 Å². The van der Waals surface area contributed by atoms with Gasteiger partial charge in [0, 0.05) is 56.8 Å². The molecule has 1 aliphatic rings. The predicted octanol–water partition coefficient (Wildman–Crippen LogP) is 3.87. The minimum atomic E-state index is 0. The Kier molecular flexibility index (Phi) is 7.88. The summed E-state index contributed by atoms with van der Waals surface area (Å²) in [6, 6.07) is 14.8. The van der Waals surface area contributed by atoms with Crippen LogP contribution in [0.1, 0.15) is 18.9 Å². The standard InChI is InChI=1S/C21H29N3O.ClH/c1-3-25-18-21(16-23(2)20-9-5-4-6-10-20)11-13-24(17-21)15-19-8-7-12-22-14-19;/h4-10,12,14H,3,11,13,15-18H2,1-2H3;1H/t21-;/m0./s1. The van der Waals surface area contributed by atoms with E-state index in [9.17, 15) is 0 Å². The summed E-state index contributed by atoms with van der Waals surface area (Å²) in [5.74, 6) is 0. The molecule has 1 fully saturated rings. The lowest BCUT2D eigenvalue weighted by Gasteiger charge is -2.34. The first-order valence-corrected chi connectivity index (χ1v) is 9.16. The molecule has 1 aliphatic heterocycles. The second-order valence-corrected chi connectivity index (χ2v) is 7.15. The molecule has 2 heterocycles. The van der Waals surface area contributed by atoms with E-state index in [0.29, 0.717) is 0 Å². The third-order valence-corrected chi connectivity index (χ3v) is 5.03. The van der Waals surface area contributed by atoms with Crippen molar-refractivity contribution in [1.82, 2.24) is 9.88 Å². The first kappa shape index (κ1) is 20.7. The van der Waals surface area contributed by atoms with E-state index in [2.05, 4.69) is 65.2 Å². The van der Waals surface area contributed by atoms with Crippen LogP contribution in [0.5, 0.6) is 0 Å². The zero-order valence-electron chi connectivity index (χ0n) is 15.8. The van der Waals surface area contributed by atoms with Crippen LogP contribution in [-0.4, -0.2) is 49.8 Å². The molecule has 0 radical (unpaired) electrons. The molecule has 1 aromatic carbocycles. The monoisotopic (exact) mass is 375 g/mol. The molecular weight excluding hydrogens is 346 g/mol. The van der Waals surface area contributed by atoms with Gasteiger partial charge in [0.15, 0.2) is 0 Å². The molecule has 26 heavy (non-hydrogen) atoms. The van der Waals surface area contributed by atoms with Crippen LogP contribution in [-0.2, 0) is 11.3 Å². The van der Waals surface area contributed by atoms with Gasteiger partial charge in [0.1, 0.15) is 0 Å². The third kappa shape index (κ3) is 5.44. The van der Waals surface area contributed by atoms with Gasteiger partial charge in [-0.1, -0.05) is 24.3 Å². The molecule has 2 aromatic rings. The van der Waals surface area contributed by atoms with Crippen LogP contribution in [0.3, 0.4) is 0 Å². The maximum atomic E-state index is 5.89. The van der Waals surface area contributed by atoms with Crippen molar-refractivity contribution in [3.63, 3.8) is 0 Å². The Balaban J connectivity index is 0.00000243. The van der Waals surface area contributed by atoms with Crippen molar-refractivity contribution >= 4 is 18.1 Å². The van der Waals surface area contributed by atoms with E-state index < -0.39 is 0 Å². The van der Waals surface area contributed by atoms with Gasteiger partial charge in [-0.2, -0.15) is 0 Å². The number of nitrogens with zero attached hydrogens (tertiary/aromatic N) is 3. The van der Waals surface area contributed by atoms with E-state index in [1.807, 2.05) is 18.5 Å². The van der Waals surface area contributed by atoms with E-state index >= 15 is 0 Å². The Morgan fingerprint density at radius 2 is 2.00 bits per heavy atom. The summed E-state index contributed by atoms with van der Waals surface area (Å²) >= 11 is 0. The van der Waals surface area contributed by atoms with E-state index in [1.165, 1.54) is 17.7 Å². The molecule has 0 spiro atoms. The van der Waals surface area contributed by atoms with Gasteiger partial charge in [-0.3, -0.25) is 9.88 Å². The van der Waals surface area contributed by atoms with Crippen molar-refractivity contribution in [1.29, 1.82) is 0 Å². The number of hydrogen-bond donors (Lipinski definition) is 0. The molecule has 0 amide bonds. The zero-order valence-corrected chi connectivity index (χ0v) is 16.6. The quantitative estimate of drug-likeness (QED) is 0.700. The van der Waals surface area contributed by atoms with Crippen molar-refractivity contribution in [2.24, 2.45) is 5.41 Å². The van der Waals surface area contributed by atoms with Crippen molar-refractivity contribution in [2.75, 3.05) is 44.8 Å². The molecule has 4 nitrogen and oxygen atoms in total. The maximum absolute atomic E-state index is 5.89. The van der Waals surface area contributed by atoms with Crippen molar-refractivity contribution < 1.29 is 4.74 Å². The second kappa shape index (κ2) is 9.91. The zero-order chi connectivity index (χ0) is 17.5. The number of rotatable bonds is 8. The molecule has 0 unspecified atom stereocenters. The molecule has 0 bridgehead atoms. The van der Waals surface area contributed by atoms with Crippen LogP contribution in [0.4, 0.5) is 5.69 Å². The summed E-state index contributed by atoms with van der Waals surface area (Å²) in [5.41, 5.74) is 2.73. The van der Waals surface area contributed by atoms with Crippen LogP contribution in [0, 0.1) is 5.41 Å². The van der Waals surface area contributed by atoms with E-state index in [4.69, 9.17) is 4.74 Å². The van der Waals surface area contributed by atoms with E-state index in [-0.39, 0.29) is 17.8 Å². The predicted molar refractivity (Wildman–Crippen MR) is 110 cm³/mol. The molecule has 3 rings (SSSR count). The van der Waals surface area contributed by atoms with Gasteiger partial charge in [-0.15, -0.1) is 12.4 Å². The summed E-state index contributed by atoms with van der Waals surface area (Å²) < 4.78 is 5.89. The molecule has 0 saturated carbocycles. The third-order valence-electron chi connectivity index (χ3n) is 5.03. The minimum absolute atomic E-state index is 0. The van der Waals surface area contributed by atoms with Gasteiger partial charge < -0.3 is 9.64 Å². The largest absolute Gasteiger partial charge is 0.381 e. The Morgan fingerprint density at radius 3 is 2.69 bits per heavy atom. The highest BCUT2D eigenvalue weighted by molar-refractivity contribution is 5.85. The number of aromatic nitrogens is 1. The average molecular weight is 376 g/mol. The lowest BCUT2D eigenvalue weighted by Crippen LogP contribution is -2.41. The first-order valence-electron chi connectivity index (χ1n) is 9.16. The molecule has 1 aromatic heterocycles. The normalized spacial score (nSPS) is 19.9. The summed E-state index contributed by atoms with van der Waals surface area (Å²) in [4.78, 5) is 9.15.